The van der Waals surface area contributed by atoms with Gasteiger partial charge in [-0.1, -0.05) is 146 Å². The number of nitrogens with zero attached hydrogens (tertiary/aromatic N) is 2. The summed E-state index contributed by atoms with van der Waals surface area (Å²) in [5, 5.41) is 17.7. The van der Waals surface area contributed by atoms with Gasteiger partial charge in [0, 0.05) is 33.8 Å². The van der Waals surface area contributed by atoms with E-state index >= 15 is 0 Å². The van der Waals surface area contributed by atoms with Gasteiger partial charge in [-0.05, 0) is 70.3 Å². The first-order chi connectivity index (χ1) is 27.8. The van der Waals surface area contributed by atoms with Gasteiger partial charge in [-0.15, -0.1) is 0 Å². The first-order valence-corrected chi connectivity index (χ1v) is 19.4. The smallest absolute Gasteiger partial charge is 0.123 e. The molecule has 3 aliphatic heterocycles. The lowest BCUT2D eigenvalue weighted by Crippen LogP contribution is -2.59. The number of hydrogen-bond acceptors (Lipinski definition) is 5. The van der Waals surface area contributed by atoms with E-state index in [1.165, 1.54) is 60.9 Å². The Morgan fingerprint density at radius 2 is 1.00 bits per heavy atom. The van der Waals surface area contributed by atoms with Crippen LogP contribution in [-0.2, 0) is 0 Å². The Kier molecular flexibility index (Phi) is 7.91. The highest BCUT2D eigenvalue weighted by Gasteiger charge is 2.32. The lowest BCUT2D eigenvalue weighted by Gasteiger charge is -2.40. The number of dihydropyridines is 1. The van der Waals surface area contributed by atoms with Gasteiger partial charge in [-0.2, -0.15) is 0 Å². The number of hydrogen-bond donors (Lipinski definition) is 4. The molecule has 0 saturated carbocycles. The second-order valence-corrected chi connectivity index (χ2v) is 14.7. The van der Waals surface area contributed by atoms with Gasteiger partial charge in [-0.3, -0.25) is 16.0 Å². The van der Waals surface area contributed by atoms with Crippen molar-refractivity contribution in [3.8, 4) is 22.3 Å². The van der Waals surface area contributed by atoms with Crippen LogP contribution in [0.2, 0.25) is 0 Å². The second kappa shape index (κ2) is 13.6. The minimum absolute atomic E-state index is 0.0323. The molecule has 1 aromatic heterocycles. The van der Waals surface area contributed by atoms with Crippen molar-refractivity contribution >= 4 is 38.9 Å². The first kappa shape index (κ1) is 32.7. The zero-order valence-corrected chi connectivity index (χ0v) is 30.7. The molecule has 8 aromatic rings. The predicted octanol–water partition coefficient (Wildman–Crippen LogP) is 11.0. The molecule has 270 valence electrons. The molecular weight excluding hydrogens is 685 g/mol. The molecule has 0 bridgehead atoms. The molecule has 0 aliphatic carbocycles. The van der Waals surface area contributed by atoms with Gasteiger partial charge in [0.1, 0.15) is 6.17 Å². The second-order valence-electron chi connectivity index (χ2n) is 14.7. The molecular formula is C50H40N6. The number of rotatable bonds is 5. The van der Waals surface area contributed by atoms with Crippen molar-refractivity contribution in [2.24, 2.45) is 0 Å². The van der Waals surface area contributed by atoms with Gasteiger partial charge < -0.3 is 14.8 Å². The van der Waals surface area contributed by atoms with E-state index in [9.17, 15) is 0 Å². The van der Waals surface area contributed by atoms with E-state index < -0.39 is 0 Å². The average molecular weight is 725 g/mol. The zero-order chi connectivity index (χ0) is 37.0. The molecule has 3 aliphatic rings. The SMILES string of the molecule is C1=CC(n2c3ccccc3c3cc4c(cc32)N(c2ccccc2)c2ccccc2-c2ccccc2-4)NC=C1C1NC(c2ccccc2)NC(c2ccccc2)N1. The van der Waals surface area contributed by atoms with Crippen LogP contribution in [0.1, 0.15) is 29.6 Å². The van der Waals surface area contributed by atoms with Crippen molar-refractivity contribution in [1.82, 2.24) is 25.8 Å². The van der Waals surface area contributed by atoms with Crippen LogP contribution < -0.4 is 26.2 Å². The lowest BCUT2D eigenvalue weighted by molar-refractivity contribution is 0.223. The summed E-state index contributed by atoms with van der Waals surface area (Å²) >= 11 is 0. The molecule has 0 radical (unpaired) electrons. The molecule has 6 nitrogen and oxygen atoms in total. The first-order valence-electron chi connectivity index (χ1n) is 19.4. The topological polar surface area (TPSA) is 56.3 Å². The van der Waals surface area contributed by atoms with Gasteiger partial charge in [0.15, 0.2) is 0 Å². The number of benzene rings is 7. The van der Waals surface area contributed by atoms with Crippen LogP contribution in [0.15, 0.2) is 200 Å². The van der Waals surface area contributed by atoms with Crippen LogP contribution in [0.4, 0.5) is 17.1 Å². The highest BCUT2D eigenvalue weighted by molar-refractivity contribution is 6.14. The largest absolute Gasteiger partial charge is 0.367 e. The van der Waals surface area contributed by atoms with Crippen LogP contribution >= 0.6 is 0 Å². The molecule has 1 fully saturated rings. The van der Waals surface area contributed by atoms with E-state index in [-0.39, 0.29) is 24.7 Å². The van der Waals surface area contributed by atoms with Crippen LogP contribution in [0, 0.1) is 0 Å². The highest BCUT2D eigenvalue weighted by atomic mass is 15.4. The summed E-state index contributed by atoms with van der Waals surface area (Å²) in [6.07, 6.45) is 6.49. The molecule has 3 unspecified atom stereocenters. The summed E-state index contributed by atoms with van der Waals surface area (Å²) in [5.74, 6) is 0. The Hall–Kier alpha value is -6.70. The summed E-state index contributed by atoms with van der Waals surface area (Å²) in [4.78, 5) is 2.44. The van der Waals surface area contributed by atoms with Crippen molar-refractivity contribution < 1.29 is 0 Å². The van der Waals surface area contributed by atoms with Crippen LogP contribution in [0.3, 0.4) is 0 Å². The van der Waals surface area contributed by atoms with Crippen molar-refractivity contribution in [3.05, 3.63) is 211 Å². The third-order valence-corrected chi connectivity index (χ3v) is 11.5. The number of para-hydroxylation sites is 3. The molecule has 4 heterocycles. The van der Waals surface area contributed by atoms with Gasteiger partial charge >= 0.3 is 0 Å². The van der Waals surface area contributed by atoms with Gasteiger partial charge in [0.05, 0.1) is 40.9 Å². The Morgan fingerprint density at radius 1 is 0.429 bits per heavy atom. The molecule has 56 heavy (non-hydrogen) atoms. The van der Waals surface area contributed by atoms with E-state index in [4.69, 9.17) is 0 Å². The van der Waals surface area contributed by atoms with Crippen molar-refractivity contribution in [2.75, 3.05) is 4.90 Å². The van der Waals surface area contributed by atoms with Gasteiger partial charge in [0.25, 0.3) is 0 Å². The maximum Gasteiger partial charge on any atom is 0.123 e. The Morgan fingerprint density at radius 3 is 1.68 bits per heavy atom. The van der Waals surface area contributed by atoms with E-state index in [2.05, 4.69) is 225 Å². The molecule has 1 saturated heterocycles. The van der Waals surface area contributed by atoms with Crippen molar-refractivity contribution in [3.63, 3.8) is 0 Å². The average Bonchev–Trinajstić information content (AvgIpc) is 3.54. The van der Waals surface area contributed by atoms with Gasteiger partial charge in [-0.25, -0.2) is 0 Å². The standard InChI is InChI=1S/C50H40N6/c1-4-16-33(17-5-1)48-52-49(34-18-6-2-7-19-34)54-50(53-48)35-28-29-47(51-32-35)56-44-27-15-13-25-40(44)42-30-41-38-23-11-10-22-37(38)39-24-12-14-26-43(39)55(45(41)31-46(42)56)36-20-8-3-9-21-36/h1-32,47-54H. The lowest BCUT2D eigenvalue weighted by atomic mass is 9.94. The maximum atomic E-state index is 3.83. The zero-order valence-electron chi connectivity index (χ0n) is 30.7. The fourth-order valence-corrected chi connectivity index (χ4v) is 8.91. The van der Waals surface area contributed by atoms with Crippen molar-refractivity contribution in [1.29, 1.82) is 0 Å². The summed E-state index contributed by atoms with van der Waals surface area (Å²) in [7, 11) is 0. The Labute approximate surface area is 326 Å². The number of fused-ring (bicyclic) bond motifs is 8. The fourth-order valence-electron chi connectivity index (χ4n) is 8.91. The monoisotopic (exact) mass is 724 g/mol. The van der Waals surface area contributed by atoms with Crippen LogP contribution in [0.5, 0.6) is 0 Å². The predicted molar refractivity (Wildman–Crippen MR) is 230 cm³/mol. The fraction of sp³-hybridized carbons (Fsp3) is 0.0800. The number of anilines is 3. The summed E-state index contributed by atoms with van der Waals surface area (Å²) in [5.41, 5.74) is 14.3. The molecule has 11 rings (SSSR count). The molecule has 4 N–H and O–H groups in total. The quantitative estimate of drug-likeness (QED) is 0.142. The number of aromatic nitrogens is 1. The summed E-state index contributed by atoms with van der Waals surface area (Å²) in [6.45, 7) is 0. The van der Waals surface area contributed by atoms with Gasteiger partial charge in [0.2, 0.25) is 0 Å². The highest BCUT2D eigenvalue weighted by Crippen LogP contribution is 2.52. The number of nitrogens with one attached hydrogen (secondary N) is 4. The summed E-state index contributed by atoms with van der Waals surface area (Å²) in [6, 6.07) is 63.3. The Balaban J connectivity index is 1.03. The molecule has 6 heteroatoms. The molecule has 0 amide bonds. The minimum atomic E-state index is -0.105. The third-order valence-electron chi connectivity index (χ3n) is 11.5. The molecule has 0 spiro atoms. The molecule has 3 atom stereocenters. The minimum Gasteiger partial charge on any atom is -0.367 e. The van der Waals surface area contributed by atoms with E-state index in [1.807, 2.05) is 0 Å². The van der Waals surface area contributed by atoms with Crippen LogP contribution in [-0.4, -0.2) is 10.7 Å². The molecule has 7 aromatic carbocycles. The Bertz CT molecular complexity index is 2740. The van der Waals surface area contributed by atoms with E-state index in [0.29, 0.717) is 0 Å². The van der Waals surface area contributed by atoms with Crippen LogP contribution in [0.25, 0.3) is 44.1 Å². The maximum absolute atomic E-state index is 3.83. The normalized spacial score (nSPS) is 20.1. The van der Waals surface area contributed by atoms with E-state index in [1.54, 1.807) is 0 Å². The third kappa shape index (κ3) is 5.46. The van der Waals surface area contributed by atoms with Crippen molar-refractivity contribution in [2.45, 2.75) is 24.7 Å². The van der Waals surface area contributed by atoms with E-state index in [0.717, 1.165) is 16.9 Å². The summed E-state index contributed by atoms with van der Waals surface area (Å²) < 4.78 is 2.46.